The summed E-state index contributed by atoms with van der Waals surface area (Å²) >= 11 is 0. The molecule has 4 rings (SSSR count). The van der Waals surface area contributed by atoms with Crippen LogP contribution in [0.3, 0.4) is 0 Å². The van der Waals surface area contributed by atoms with Crippen LogP contribution in [0.25, 0.3) is 0 Å². The zero-order valence-electron chi connectivity index (χ0n) is 16.2. The Balaban J connectivity index is 1.46. The Morgan fingerprint density at radius 3 is 2.48 bits per heavy atom. The molecule has 2 aromatic rings. The number of hydrogen-bond donors (Lipinski definition) is 2. The van der Waals surface area contributed by atoms with Crippen molar-refractivity contribution >= 4 is 17.8 Å². The largest absolute Gasteiger partial charge is 0.457 e. The third kappa shape index (κ3) is 3.81. The number of benzene rings is 2. The molecule has 7 nitrogen and oxygen atoms in total. The summed E-state index contributed by atoms with van der Waals surface area (Å²) in [5.41, 5.74) is 1.84. The molecule has 0 unspecified atom stereocenters. The van der Waals surface area contributed by atoms with Gasteiger partial charge in [0.05, 0.1) is 0 Å². The molecule has 0 radical (unpaired) electrons. The first-order valence-electron chi connectivity index (χ1n) is 9.77. The molecule has 1 aliphatic heterocycles. The number of rotatable bonds is 4. The first-order chi connectivity index (χ1) is 14.0. The van der Waals surface area contributed by atoms with Crippen LogP contribution >= 0.6 is 0 Å². The third-order valence-electron chi connectivity index (χ3n) is 5.58. The number of carbonyl (C=O) groups excluding carboxylic acids is 3. The van der Waals surface area contributed by atoms with E-state index in [1.807, 2.05) is 30.3 Å². The van der Waals surface area contributed by atoms with E-state index < -0.39 is 17.5 Å². The van der Waals surface area contributed by atoms with E-state index in [-0.39, 0.29) is 11.5 Å². The fraction of sp³-hybridized carbons (Fsp3) is 0.318. The third-order valence-corrected chi connectivity index (χ3v) is 5.58. The highest BCUT2D eigenvalue weighted by Gasteiger charge is 2.52. The lowest BCUT2D eigenvalue weighted by Gasteiger charge is -2.33. The van der Waals surface area contributed by atoms with Crippen molar-refractivity contribution in [1.29, 1.82) is 0 Å². The Kier molecular flexibility index (Phi) is 4.96. The molecule has 2 N–H and O–H groups in total. The van der Waals surface area contributed by atoms with E-state index in [2.05, 4.69) is 17.7 Å². The van der Waals surface area contributed by atoms with Crippen LogP contribution < -0.4 is 15.5 Å². The minimum absolute atomic E-state index is 0.289. The van der Waals surface area contributed by atoms with Gasteiger partial charge in [0.2, 0.25) is 0 Å². The minimum atomic E-state index is -0.894. The van der Waals surface area contributed by atoms with Crippen molar-refractivity contribution in [2.45, 2.75) is 38.1 Å². The molecule has 0 bridgehead atoms. The first-order valence-corrected chi connectivity index (χ1v) is 9.77. The average molecular weight is 393 g/mol. The molecule has 7 heteroatoms. The number of hydrazine groups is 1. The maximum atomic E-state index is 12.9. The van der Waals surface area contributed by atoms with Gasteiger partial charge in [-0.05, 0) is 61.9 Å². The summed E-state index contributed by atoms with van der Waals surface area (Å²) in [6.45, 7) is 2.14. The van der Waals surface area contributed by atoms with E-state index in [0.29, 0.717) is 30.3 Å². The SMILES string of the molecule is CC1CCC2(CC1)NC(=O)N(NC(=O)c1cccc(Oc3ccccc3)c1)C2=O. The molecular formula is C22H23N3O4. The Bertz CT molecular complexity index is 936. The number of urea groups is 1. The molecule has 29 heavy (non-hydrogen) atoms. The Morgan fingerprint density at radius 2 is 1.76 bits per heavy atom. The van der Waals surface area contributed by atoms with E-state index in [1.54, 1.807) is 24.3 Å². The van der Waals surface area contributed by atoms with Crippen molar-refractivity contribution in [2.24, 2.45) is 5.92 Å². The van der Waals surface area contributed by atoms with Gasteiger partial charge in [0.25, 0.3) is 11.8 Å². The summed E-state index contributed by atoms with van der Waals surface area (Å²) in [4.78, 5) is 37.9. The van der Waals surface area contributed by atoms with Crippen molar-refractivity contribution in [1.82, 2.24) is 15.8 Å². The van der Waals surface area contributed by atoms with Gasteiger partial charge in [0, 0.05) is 5.56 Å². The van der Waals surface area contributed by atoms with Gasteiger partial charge >= 0.3 is 6.03 Å². The molecule has 4 amide bonds. The number of amides is 4. The van der Waals surface area contributed by atoms with Crippen molar-refractivity contribution in [3.05, 3.63) is 60.2 Å². The molecular weight excluding hydrogens is 370 g/mol. The number of para-hydroxylation sites is 1. The van der Waals surface area contributed by atoms with E-state index in [0.717, 1.165) is 17.9 Å². The maximum absolute atomic E-state index is 12.9. The maximum Gasteiger partial charge on any atom is 0.344 e. The zero-order chi connectivity index (χ0) is 20.4. The number of hydrogen-bond acceptors (Lipinski definition) is 4. The second kappa shape index (κ2) is 7.58. The van der Waals surface area contributed by atoms with Crippen molar-refractivity contribution in [3.8, 4) is 11.5 Å². The van der Waals surface area contributed by atoms with Gasteiger partial charge < -0.3 is 10.1 Å². The van der Waals surface area contributed by atoms with Crippen LogP contribution in [0.15, 0.2) is 54.6 Å². The average Bonchev–Trinajstić information content (AvgIpc) is 2.95. The predicted molar refractivity (Wildman–Crippen MR) is 106 cm³/mol. The summed E-state index contributed by atoms with van der Waals surface area (Å²) in [5, 5.41) is 3.60. The standard InChI is InChI=1S/C22H23N3O4/c1-15-10-12-22(13-11-15)20(27)25(21(28)23-22)24-19(26)16-6-5-9-18(14-16)29-17-7-3-2-4-8-17/h2-9,14-15H,10-13H2,1H3,(H,23,28)(H,24,26). The van der Waals surface area contributed by atoms with Crippen LogP contribution in [0.5, 0.6) is 11.5 Å². The van der Waals surface area contributed by atoms with E-state index >= 15 is 0 Å². The van der Waals surface area contributed by atoms with E-state index in [4.69, 9.17) is 4.74 Å². The highest BCUT2D eigenvalue weighted by atomic mass is 16.5. The number of nitrogens with one attached hydrogen (secondary N) is 2. The normalized spacial score (nSPS) is 23.8. The van der Waals surface area contributed by atoms with Crippen LogP contribution in [-0.4, -0.2) is 28.4 Å². The molecule has 1 saturated heterocycles. The molecule has 150 valence electrons. The topological polar surface area (TPSA) is 87.7 Å². The van der Waals surface area contributed by atoms with Gasteiger partial charge in [0.15, 0.2) is 0 Å². The first kappa shape index (κ1) is 19.0. The summed E-state index contributed by atoms with van der Waals surface area (Å²) < 4.78 is 5.74. The quantitative estimate of drug-likeness (QED) is 0.777. The van der Waals surface area contributed by atoms with E-state index in [1.165, 1.54) is 0 Å². The van der Waals surface area contributed by atoms with Crippen molar-refractivity contribution in [2.75, 3.05) is 0 Å². The molecule has 2 aliphatic rings. The van der Waals surface area contributed by atoms with Crippen LogP contribution in [0, 0.1) is 5.92 Å². The van der Waals surface area contributed by atoms with Crippen molar-refractivity contribution < 1.29 is 19.1 Å². The highest BCUT2D eigenvalue weighted by molar-refractivity contribution is 6.09. The van der Waals surface area contributed by atoms with Crippen LogP contribution in [0.2, 0.25) is 0 Å². The molecule has 0 atom stereocenters. The van der Waals surface area contributed by atoms with Gasteiger partial charge in [-0.3, -0.25) is 15.0 Å². The molecule has 2 aromatic carbocycles. The number of carbonyl (C=O) groups is 3. The molecule has 1 saturated carbocycles. The van der Waals surface area contributed by atoms with Crippen LogP contribution in [0.1, 0.15) is 43.0 Å². The zero-order valence-corrected chi connectivity index (χ0v) is 16.2. The number of imide groups is 1. The second-order valence-electron chi connectivity index (χ2n) is 7.72. The molecule has 1 heterocycles. The molecule has 0 aromatic heterocycles. The van der Waals surface area contributed by atoms with E-state index in [9.17, 15) is 14.4 Å². The summed E-state index contributed by atoms with van der Waals surface area (Å²) in [6, 6.07) is 15.2. The fourth-order valence-corrected chi connectivity index (χ4v) is 3.81. The summed E-state index contributed by atoms with van der Waals surface area (Å²) in [7, 11) is 0. The molecule has 1 spiro atoms. The Morgan fingerprint density at radius 1 is 1.07 bits per heavy atom. The Hall–Kier alpha value is -3.35. The van der Waals surface area contributed by atoms with Crippen LogP contribution in [-0.2, 0) is 4.79 Å². The van der Waals surface area contributed by atoms with Crippen LogP contribution in [0.4, 0.5) is 4.79 Å². The fourth-order valence-electron chi connectivity index (χ4n) is 3.81. The van der Waals surface area contributed by atoms with Gasteiger partial charge in [-0.1, -0.05) is 31.2 Å². The molecule has 2 fully saturated rings. The lowest BCUT2D eigenvalue weighted by atomic mass is 9.77. The second-order valence-corrected chi connectivity index (χ2v) is 7.72. The smallest absolute Gasteiger partial charge is 0.344 e. The van der Waals surface area contributed by atoms with Gasteiger partial charge in [0.1, 0.15) is 17.0 Å². The summed E-state index contributed by atoms with van der Waals surface area (Å²) in [5.74, 6) is 0.723. The lowest BCUT2D eigenvalue weighted by molar-refractivity contribution is -0.134. The summed E-state index contributed by atoms with van der Waals surface area (Å²) in [6.07, 6.45) is 2.91. The minimum Gasteiger partial charge on any atom is -0.457 e. The predicted octanol–water partition coefficient (Wildman–Crippen LogP) is 3.62. The monoisotopic (exact) mass is 393 g/mol. The van der Waals surface area contributed by atoms with Crippen molar-refractivity contribution in [3.63, 3.8) is 0 Å². The lowest BCUT2D eigenvalue weighted by Crippen LogP contribution is -2.51. The van der Waals surface area contributed by atoms with Gasteiger partial charge in [-0.25, -0.2) is 4.79 Å². The molecule has 1 aliphatic carbocycles. The van der Waals surface area contributed by atoms with Gasteiger partial charge in [-0.2, -0.15) is 5.01 Å². The highest BCUT2D eigenvalue weighted by Crippen LogP contribution is 2.35. The number of ether oxygens (including phenoxy) is 1. The number of nitrogens with zero attached hydrogens (tertiary/aromatic N) is 1. The van der Waals surface area contributed by atoms with Gasteiger partial charge in [-0.15, -0.1) is 0 Å². The Labute approximate surface area is 169 Å².